The van der Waals surface area contributed by atoms with Gasteiger partial charge in [0, 0.05) is 5.69 Å². The fourth-order valence-corrected chi connectivity index (χ4v) is 3.81. The first-order valence-corrected chi connectivity index (χ1v) is 10.5. The molecule has 0 saturated carbocycles. The molecule has 0 aromatic heterocycles. The number of hydrogen-bond donors (Lipinski definition) is 3. The minimum atomic E-state index is -4.23. The van der Waals surface area contributed by atoms with E-state index in [9.17, 15) is 23.1 Å². The molecule has 0 bridgehead atoms. The van der Waals surface area contributed by atoms with Crippen LogP contribution in [0.3, 0.4) is 0 Å². The Bertz CT molecular complexity index is 983. The van der Waals surface area contributed by atoms with Crippen LogP contribution in [0.25, 0.3) is 0 Å². The summed E-state index contributed by atoms with van der Waals surface area (Å²) in [5, 5.41) is 12.5. The van der Waals surface area contributed by atoms with Crippen molar-refractivity contribution in [2.75, 3.05) is 11.9 Å². The molecule has 2 aromatic rings. The molecule has 0 radical (unpaired) electrons. The fourth-order valence-electron chi connectivity index (χ4n) is 2.17. The molecular weight excluding hydrogens is 443 g/mol. The maximum atomic E-state index is 12.5. The summed E-state index contributed by atoms with van der Waals surface area (Å²) in [5.74, 6) is -1.74. The number of aliphatic hydroxyl groups excluding tert-OH is 1. The molecule has 3 N–H and O–H groups in total. The molecule has 2 aromatic carbocycles. The highest BCUT2D eigenvalue weighted by Gasteiger charge is 2.31. The second-order valence-electron chi connectivity index (χ2n) is 5.94. The molecule has 0 spiro atoms. The minimum Gasteiger partial charge on any atom is -0.454 e. The summed E-state index contributed by atoms with van der Waals surface area (Å²) in [4.78, 5) is 23.8. The zero-order valence-electron chi connectivity index (χ0n) is 15.1. The smallest absolute Gasteiger partial charge is 0.327 e. The Balaban J connectivity index is 2.03. The lowest BCUT2D eigenvalue weighted by Crippen LogP contribution is -2.48. The predicted molar refractivity (Wildman–Crippen MR) is 108 cm³/mol. The van der Waals surface area contributed by atoms with Crippen LogP contribution in [-0.4, -0.2) is 44.2 Å². The van der Waals surface area contributed by atoms with Gasteiger partial charge in [-0.3, -0.25) is 9.59 Å². The van der Waals surface area contributed by atoms with E-state index in [1.807, 2.05) is 4.72 Å². The Hall–Kier alpha value is -2.17. The second-order valence-corrected chi connectivity index (χ2v) is 8.47. The number of esters is 1. The first-order valence-electron chi connectivity index (χ1n) is 8.27. The first kappa shape index (κ1) is 23.1. The quantitative estimate of drug-likeness (QED) is 0.519. The second kappa shape index (κ2) is 10.0. The fraction of sp³-hybridized carbons (Fsp3) is 0.222. The highest BCUT2D eigenvalue weighted by atomic mass is 35.5. The summed E-state index contributed by atoms with van der Waals surface area (Å²) < 4.78 is 31.8. The molecule has 29 heavy (non-hydrogen) atoms. The Morgan fingerprint density at radius 3 is 2.34 bits per heavy atom. The third-order valence-corrected chi connectivity index (χ3v) is 5.80. The molecule has 0 fully saturated rings. The van der Waals surface area contributed by atoms with Gasteiger partial charge in [0.25, 0.3) is 5.91 Å². The Kier molecular flexibility index (Phi) is 8.00. The van der Waals surface area contributed by atoms with E-state index >= 15 is 0 Å². The number of aliphatic hydroxyl groups is 1. The Labute approximate surface area is 177 Å². The van der Waals surface area contributed by atoms with Gasteiger partial charge < -0.3 is 15.2 Å². The Morgan fingerprint density at radius 1 is 1.10 bits per heavy atom. The van der Waals surface area contributed by atoms with E-state index in [1.165, 1.54) is 19.1 Å². The summed E-state index contributed by atoms with van der Waals surface area (Å²) in [5.41, 5.74) is 0.501. The third-order valence-electron chi connectivity index (χ3n) is 3.62. The van der Waals surface area contributed by atoms with Crippen molar-refractivity contribution in [2.24, 2.45) is 0 Å². The van der Waals surface area contributed by atoms with E-state index in [4.69, 9.17) is 27.9 Å². The van der Waals surface area contributed by atoms with Gasteiger partial charge in [0.05, 0.1) is 21.0 Å². The normalized spacial score (nSPS) is 13.4. The molecule has 11 heteroatoms. The van der Waals surface area contributed by atoms with Gasteiger partial charge in [-0.2, -0.15) is 4.72 Å². The van der Waals surface area contributed by atoms with Gasteiger partial charge in [0.1, 0.15) is 6.04 Å². The van der Waals surface area contributed by atoms with E-state index in [2.05, 4.69) is 5.32 Å². The molecule has 2 rings (SSSR count). The molecule has 2 atom stereocenters. The van der Waals surface area contributed by atoms with E-state index in [1.54, 1.807) is 30.3 Å². The topological polar surface area (TPSA) is 122 Å². The van der Waals surface area contributed by atoms with Crippen molar-refractivity contribution in [1.82, 2.24) is 4.72 Å². The zero-order valence-corrected chi connectivity index (χ0v) is 17.5. The lowest BCUT2D eigenvalue weighted by molar-refractivity contribution is -0.151. The first-order chi connectivity index (χ1) is 13.6. The van der Waals surface area contributed by atoms with Gasteiger partial charge in [0.2, 0.25) is 10.0 Å². The molecular formula is C18H18Cl2N2O6S. The number of sulfonamides is 1. The Morgan fingerprint density at radius 2 is 1.76 bits per heavy atom. The van der Waals surface area contributed by atoms with Crippen LogP contribution in [-0.2, 0) is 24.3 Å². The largest absolute Gasteiger partial charge is 0.454 e. The average molecular weight is 461 g/mol. The number of carbonyl (C=O) groups is 2. The molecule has 8 nitrogen and oxygen atoms in total. The predicted octanol–water partition coefficient (Wildman–Crippen LogP) is 2.20. The van der Waals surface area contributed by atoms with E-state index < -0.39 is 40.7 Å². The lowest BCUT2D eigenvalue weighted by Gasteiger charge is -2.20. The zero-order chi connectivity index (χ0) is 21.6. The van der Waals surface area contributed by atoms with Crippen LogP contribution in [0.2, 0.25) is 10.0 Å². The van der Waals surface area contributed by atoms with E-state index in [0.29, 0.717) is 5.69 Å². The summed E-state index contributed by atoms with van der Waals surface area (Å²) in [6.45, 7) is 0.540. The van der Waals surface area contributed by atoms with Crippen LogP contribution in [0, 0.1) is 0 Å². The van der Waals surface area contributed by atoms with Crippen molar-refractivity contribution >= 4 is 50.8 Å². The maximum Gasteiger partial charge on any atom is 0.327 e. The third kappa shape index (κ3) is 6.69. The highest BCUT2D eigenvalue weighted by molar-refractivity contribution is 7.89. The SMILES string of the molecule is CC(O)C(NS(=O)(=O)c1ccc(Cl)c(Cl)c1)C(=O)OCC(=O)Nc1ccccc1. The van der Waals surface area contributed by atoms with Gasteiger partial charge in [-0.1, -0.05) is 41.4 Å². The van der Waals surface area contributed by atoms with Crippen molar-refractivity contribution in [1.29, 1.82) is 0 Å². The van der Waals surface area contributed by atoms with Crippen LogP contribution in [0.4, 0.5) is 5.69 Å². The molecule has 0 aliphatic rings. The highest BCUT2D eigenvalue weighted by Crippen LogP contribution is 2.25. The number of hydrogen-bond acceptors (Lipinski definition) is 6. The maximum absolute atomic E-state index is 12.5. The van der Waals surface area contributed by atoms with Gasteiger partial charge in [0.15, 0.2) is 6.61 Å². The molecule has 0 aliphatic heterocycles. The van der Waals surface area contributed by atoms with Crippen LogP contribution in [0.15, 0.2) is 53.4 Å². The molecule has 0 heterocycles. The number of ether oxygens (including phenoxy) is 1. The number of halogens is 2. The van der Waals surface area contributed by atoms with Gasteiger partial charge in [-0.25, -0.2) is 8.42 Å². The van der Waals surface area contributed by atoms with Gasteiger partial charge in [-0.15, -0.1) is 0 Å². The number of anilines is 1. The van der Waals surface area contributed by atoms with Crippen molar-refractivity contribution in [2.45, 2.75) is 24.0 Å². The molecule has 0 aliphatic carbocycles. The van der Waals surface area contributed by atoms with Crippen LogP contribution in [0.5, 0.6) is 0 Å². The van der Waals surface area contributed by atoms with Crippen molar-refractivity contribution < 1.29 is 27.9 Å². The average Bonchev–Trinajstić information content (AvgIpc) is 2.67. The van der Waals surface area contributed by atoms with Crippen LogP contribution in [0.1, 0.15) is 6.92 Å². The van der Waals surface area contributed by atoms with Gasteiger partial charge >= 0.3 is 5.97 Å². The minimum absolute atomic E-state index is 0.00305. The molecule has 156 valence electrons. The van der Waals surface area contributed by atoms with Crippen molar-refractivity contribution in [3.63, 3.8) is 0 Å². The molecule has 2 unspecified atom stereocenters. The molecule has 1 amide bonds. The van der Waals surface area contributed by atoms with Crippen LogP contribution < -0.4 is 10.0 Å². The standard InChI is InChI=1S/C18H18Cl2N2O6S/c1-11(23)17(22-29(26,27)13-7-8-14(19)15(20)9-13)18(25)28-10-16(24)21-12-5-3-2-4-6-12/h2-9,11,17,22-23H,10H2,1H3,(H,21,24). The van der Waals surface area contributed by atoms with E-state index in [0.717, 1.165) is 6.07 Å². The summed E-state index contributed by atoms with van der Waals surface area (Å²) in [7, 11) is -4.23. The van der Waals surface area contributed by atoms with Crippen molar-refractivity contribution in [3.05, 3.63) is 58.6 Å². The number of benzene rings is 2. The van der Waals surface area contributed by atoms with E-state index in [-0.39, 0.29) is 14.9 Å². The monoisotopic (exact) mass is 460 g/mol. The summed E-state index contributed by atoms with van der Waals surface area (Å²) in [6, 6.07) is 10.4. The molecule has 0 saturated heterocycles. The van der Waals surface area contributed by atoms with Crippen molar-refractivity contribution in [3.8, 4) is 0 Å². The number of rotatable bonds is 8. The number of amides is 1. The summed E-state index contributed by atoms with van der Waals surface area (Å²) in [6.07, 6.45) is -1.43. The lowest BCUT2D eigenvalue weighted by atomic mass is 10.2. The summed E-state index contributed by atoms with van der Waals surface area (Å²) >= 11 is 11.6. The van der Waals surface area contributed by atoms with Gasteiger partial charge in [-0.05, 0) is 37.3 Å². The van der Waals surface area contributed by atoms with Crippen LogP contribution >= 0.6 is 23.2 Å². The number of para-hydroxylation sites is 1. The number of carbonyl (C=O) groups excluding carboxylic acids is 2. The number of nitrogens with one attached hydrogen (secondary N) is 2.